The summed E-state index contributed by atoms with van der Waals surface area (Å²) in [4.78, 5) is 5.15. The van der Waals surface area contributed by atoms with Crippen LogP contribution < -0.4 is 5.73 Å². The molecule has 1 aliphatic heterocycles. The van der Waals surface area contributed by atoms with E-state index in [0.29, 0.717) is 5.92 Å². The third kappa shape index (κ3) is 6.69. The van der Waals surface area contributed by atoms with Crippen molar-refractivity contribution in [2.45, 2.75) is 26.7 Å². The fraction of sp³-hybridized carbons (Fsp3) is 1.00. The number of nitrogens with zero attached hydrogens (tertiary/aromatic N) is 2. The molecule has 1 saturated heterocycles. The van der Waals surface area contributed by atoms with E-state index in [9.17, 15) is 0 Å². The minimum Gasteiger partial charge on any atom is -0.382 e. The van der Waals surface area contributed by atoms with Crippen LogP contribution >= 0.6 is 0 Å². The SMILES string of the molecule is CCOCCCN1CCCN(CC(C)CN)CC1. The fourth-order valence-corrected chi connectivity index (χ4v) is 2.48. The van der Waals surface area contributed by atoms with E-state index in [-0.39, 0.29) is 0 Å². The Hall–Kier alpha value is -0.160. The van der Waals surface area contributed by atoms with E-state index in [4.69, 9.17) is 10.5 Å². The second-order valence-corrected chi connectivity index (χ2v) is 5.39. The Morgan fingerprint density at radius 1 is 1.17 bits per heavy atom. The van der Waals surface area contributed by atoms with Crippen molar-refractivity contribution in [3.63, 3.8) is 0 Å². The van der Waals surface area contributed by atoms with Crippen LogP contribution in [0.3, 0.4) is 0 Å². The van der Waals surface area contributed by atoms with Crippen LogP contribution in [-0.2, 0) is 4.74 Å². The van der Waals surface area contributed by atoms with E-state index in [2.05, 4.69) is 23.6 Å². The highest BCUT2D eigenvalue weighted by Gasteiger charge is 2.15. The van der Waals surface area contributed by atoms with Crippen molar-refractivity contribution >= 4 is 0 Å². The van der Waals surface area contributed by atoms with Crippen LogP contribution in [0.15, 0.2) is 0 Å². The van der Waals surface area contributed by atoms with E-state index in [1.165, 1.54) is 39.1 Å². The van der Waals surface area contributed by atoms with Gasteiger partial charge < -0.3 is 20.3 Å². The predicted octanol–water partition coefficient (Wildman–Crippen LogP) is 1.02. The molecule has 4 heteroatoms. The quantitative estimate of drug-likeness (QED) is 0.659. The van der Waals surface area contributed by atoms with Gasteiger partial charge in [0.15, 0.2) is 0 Å². The molecule has 2 N–H and O–H groups in total. The summed E-state index contributed by atoms with van der Waals surface area (Å²) >= 11 is 0. The van der Waals surface area contributed by atoms with Crippen LogP contribution in [0.5, 0.6) is 0 Å². The molecule has 0 aromatic heterocycles. The minimum absolute atomic E-state index is 0.620. The molecule has 1 atom stereocenters. The maximum absolute atomic E-state index is 5.70. The lowest BCUT2D eigenvalue weighted by molar-refractivity contribution is 0.132. The molecule has 0 spiro atoms. The minimum atomic E-state index is 0.620. The van der Waals surface area contributed by atoms with Crippen LogP contribution in [-0.4, -0.2) is 68.8 Å². The van der Waals surface area contributed by atoms with Gasteiger partial charge in [-0.15, -0.1) is 0 Å². The Bertz CT molecular complexity index is 201. The third-order valence-electron chi connectivity index (χ3n) is 3.62. The first-order valence-electron chi connectivity index (χ1n) is 7.48. The van der Waals surface area contributed by atoms with Gasteiger partial charge in [-0.3, -0.25) is 0 Å². The number of rotatable bonds is 8. The molecular weight excluding hydrogens is 226 g/mol. The first kappa shape index (κ1) is 15.9. The summed E-state index contributed by atoms with van der Waals surface area (Å²) in [5, 5.41) is 0. The smallest absolute Gasteiger partial charge is 0.0478 e. The average molecular weight is 257 g/mol. The van der Waals surface area contributed by atoms with Crippen molar-refractivity contribution in [3.05, 3.63) is 0 Å². The number of nitrogens with two attached hydrogens (primary N) is 1. The highest BCUT2D eigenvalue weighted by Crippen LogP contribution is 2.06. The normalized spacial score (nSPS) is 20.8. The van der Waals surface area contributed by atoms with Crippen molar-refractivity contribution in [3.8, 4) is 0 Å². The maximum Gasteiger partial charge on any atom is 0.0478 e. The average Bonchev–Trinajstić information content (AvgIpc) is 2.60. The highest BCUT2D eigenvalue weighted by atomic mass is 16.5. The predicted molar refractivity (Wildman–Crippen MR) is 76.8 cm³/mol. The van der Waals surface area contributed by atoms with Gasteiger partial charge in [-0.25, -0.2) is 0 Å². The van der Waals surface area contributed by atoms with Gasteiger partial charge in [0.2, 0.25) is 0 Å². The van der Waals surface area contributed by atoms with Gasteiger partial charge in [0, 0.05) is 39.4 Å². The van der Waals surface area contributed by atoms with Gasteiger partial charge >= 0.3 is 0 Å². The van der Waals surface area contributed by atoms with Gasteiger partial charge in [0.1, 0.15) is 0 Å². The lowest BCUT2D eigenvalue weighted by Crippen LogP contribution is -2.35. The lowest BCUT2D eigenvalue weighted by Gasteiger charge is -2.24. The van der Waals surface area contributed by atoms with Crippen LogP contribution in [0.4, 0.5) is 0 Å². The highest BCUT2D eigenvalue weighted by molar-refractivity contribution is 4.71. The molecule has 0 radical (unpaired) electrons. The van der Waals surface area contributed by atoms with Gasteiger partial charge in [-0.05, 0) is 45.3 Å². The molecule has 0 amide bonds. The largest absolute Gasteiger partial charge is 0.382 e. The molecule has 1 heterocycles. The molecule has 0 aliphatic carbocycles. The van der Waals surface area contributed by atoms with Gasteiger partial charge in [-0.1, -0.05) is 6.92 Å². The van der Waals surface area contributed by atoms with Crippen molar-refractivity contribution in [1.82, 2.24) is 9.80 Å². The number of hydrogen-bond donors (Lipinski definition) is 1. The summed E-state index contributed by atoms with van der Waals surface area (Å²) in [6, 6.07) is 0. The topological polar surface area (TPSA) is 41.7 Å². The van der Waals surface area contributed by atoms with Crippen molar-refractivity contribution in [1.29, 1.82) is 0 Å². The Labute approximate surface area is 112 Å². The summed E-state index contributed by atoms with van der Waals surface area (Å²) in [5.74, 6) is 0.620. The summed E-state index contributed by atoms with van der Waals surface area (Å²) in [6.07, 6.45) is 2.44. The van der Waals surface area contributed by atoms with Gasteiger partial charge in [-0.2, -0.15) is 0 Å². The molecule has 1 rings (SSSR count). The number of ether oxygens (including phenoxy) is 1. The van der Waals surface area contributed by atoms with Crippen molar-refractivity contribution < 1.29 is 4.74 Å². The molecule has 1 aliphatic rings. The van der Waals surface area contributed by atoms with Crippen LogP contribution in [0.1, 0.15) is 26.7 Å². The third-order valence-corrected chi connectivity index (χ3v) is 3.62. The van der Waals surface area contributed by atoms with Crippen molar-refractivity contribution in [2.24, 2.45) is 11.7 Å². The molecule has 4 nitrogen and oxygen atoms in total. The van der Waals surface area contributed by atoms with Gasteiger partial charge in [0.05, 0.1) is 0 Å². The zero-order valence-electron chi connectivity index (χ0n) is 12.2. The standard InChI is InChI=1S/C14H31N3O/c1-3-18-11-5-8-16-6-4-7-17(10-9-16)13-14(2)12-15/h14H,3-13,15H2,1-2H3. The Morgan fingerprint density at radius 3 is 2.61 bits per heavy atom. The van der Waals surface area contributed by atoms with Gasteiger partial charge in [0.25, 0.3) is 0 Å². The molecule has 18 heavy (non-hydrogen) atoms. The molecule has 0 aromatic rings. The van der Waals surface area contributed by atoms with E-state index in [1.54, 1.807) is 0 Å². The lowest BCUT2D eigenvalue weighted by atomic mass is 10.1. The second kappa shape index (κ2) is 9.73. The first-order valence-corrected chi connectivity index (χ1v) is 7.48. The Kier molecular flexibility index (Phi) is 8.59. The monoisotopic (exact) mass is 257 g/mol. The molecule has 1 unspecified atom stereocenters. The number of hydrogen-bond acceptors (Lipinski definition) is 4. The summed E-state index contributed by atoms with van der Waals surface area (Å²) in [7, 11) is 0. The molecule has 1 fully saturated rings. The zero-order chi connectivity index (χ0) is 13.2. The Balaban J connectivity index is 2.15. The first-order chi connectivity index (χ1) is 8.76. The zero-order valence-corrected chi connectivity index (χ0v) is 12.2. The second-order valence-electron chi connectivity index (χ2n) is 5.39. The molecule has 0 aromatic carbocycles. The van der Waals surface area contributed by atoms with E-state index < -0.39 is 0 Å². The summed E-state index contributed by atoms with van der Waals surface area (Å²) < 4.78 is 5.39. The fourth-order valence-electron chi connectivity index (χ4n) is 2.48. The molecular formula is C14H31N3O. The van der Waals surface area contributed by atoms with Crippen LogP contribution in [0.25, 0.3) is 0 Å². The van der Waals surface area contributed by atoms with Crippen molar-refractivity contribution in [2.75, 3.05) is 59.0 Å². The molecule has 0 bridgehead atoms. The van der Waals surface area contributed by atoms with E-state index in [0.717, 1.165) is 32.7 Å². The summed E-state index contributed by atoms with van der Waals surface area (Å²) in [5.41, 5.74) is 5.70. The Morgan fingerprint density at radius 2 is 1.89 bits per heavy atom. The van der Waals surface area contributed by atoms with E-state index >= 15 is 0 Å². The van der Waals surface area contributed by atoms with Crippen LogP contribution in [0, 0.1) is 5.92 Å². The summed E-state index contributed by atoms with van der Waals surface area (Å²) in [6.45, 7) is 14.0. The molecule has 108 valence electrons. The molecule has 0 saturated carbocycles. The maximum atomic E-state index is 5.70. The van der Waals surface area contributed by atoms with Crippen LogP contribution in [0.2, 0.25) is 0 Å². The van der Waals surface area contributed by atoms with E-state index in [1.807, 2.05) is 0 Å².